The molecule has 1 unspecified atom stereocenters. The van der Waals surface area contributed by atoms with Gasteiger partial charge in [-0.3, -0.25) is 0 Å². The number of aliphatic imine (C=N–C) groups is 2. The largest absolute Gasteiger partial charge is 0.384 e. The van der Waals surface area contributed by atoms with Gasteiger partial charge in [-0.2, -0.15) is 0 Å². The summed E-state index contributed by atoms with van der Waals surface area (Å²) >= 11 is 0. The molecule has 1 atom stereocenters. The van der Waals surface area contributed by atoms with E-state index in [2.05, 4.69) is 20.6 Å². The third-order valence-electron chi connectivity index (χ3n) is 1.80. The van der Waals surface area contributed by atoms with E-state index in [-0.39, 0.29) is 0 Å². The molecule has 2 aliphatic rings. The Labute approximate surface area is 64.1 Å². The van der Waals surface area contributed by atoms with Gasteiger partial charge in [0.25, 0.3) is 0 Å². The topological polar surface area (TPSA) is 74.8 Å². The van der Waals surface area contributed by atoms with E-state index in [1.54, 1.807) is 12.7 Å². The van der Waals surface area contributed by atoms with Crippen molar-refractivity contribution in [1.29, 1.82) is 0 Å². The van der Waals surface area contributed by atoms with Crippen LogP contribution in [0.15, 0.2) is 21.5 Å². The maximum absolute atomic E-state index is 5.64. The van der Waals surface area contributed by atoms with Gasteiger partial charge in [0, 0.05) is 0 Å². The van der Waals surface area contributed by atoms with E-state index in [9.17, 15) is 0 Å². The third-order valence-corrected chi connectivity index (χ3v) is 1.80. The van der Waals surface area contributed by atoms with Gasteiger partial charge in [0.2, 0.25) is 0 Å². The van der Waals surface area contributed by atoms with E-state index in [1.807, 2.05) is 6.92 Å². The Balaban J connectivity index is 2.48. The maximum Gasteiger partial charge on any atom is 0.194 e. The Morgan fingerprint density at radius 3 is 2.64 bits per heavy atom. The van der Waals surface area contributed by atoms with Gasteiger partial charge < -0.3 is 16.4 Å². The third kappa shape index (κ3) is 0.705. The summed E-state index contributed by atoms with van der Waals surface area (Å²) in [7, 11) is 0. The summed E-state index contributed by atoms with van der Waals surface area (Å²) in [6, 6.07) is 0. The molecule has 5 nitrogen and oxygen atoms in total. The standard InChI is InChI=1S/C6H9N5/c1-6-4(8-2-10-6)5(7)9-3-11-6/h2-3H,7H2,1H3,(H,8,10)(H,9,11). The van der Waals surface area contributed by atoms with E-state index < -0.39 is 5.66 Å². The number of hydrogen-bond acceptors (Lipinski definition) is 5. The first-order chi connectivity index (χ1) is 5.22. The van der Waals surface area contributed by atoms with Crippen molar-refractivity contribution in [1.82, 2.24) is 10.6 Å². The molecule has 5 heteroatoms. The summed E-state index contributed by atoms with van der Waals surface area (Å²) in [6.45, 7) is 1.89. The number of rotatable bonds is 0. The first kappa shape index (κ1) is 6.21. The van der Waals surface area contributed by atoms with Crippen LogP contribution in [0.4, 0.5) is 0 Å². The van der Waals surface area contributed by atoms with Gasteiger partial charge in [-0.1, -0.05) is 0 Å². The van der Waals surface area contributed by atoms with Crippen LogP contribution in [0.5, 0.6) is 0 Å². The SMILES string of the molecule is CC12N=CNC(N)=C1NC=N2. The van der Waals surface area contributed by atoms with Crippen LogP contribution in [0.2, 0.25) is 0 Å². The van der Waals surface area contributed by atoms with Crippen LogP contribution < -0.4 is 16.4 Å². The van der Waals surface area contributed by atoms with Gasteiger partial charge >= 0.3 is 0 Å². The lowest BCUT2D eigenvalue weighted by atomic mass is 10.1. The minimum absolute atomic E-state index is 0.519. The summed E-state index contributed by atoms with van der Waals surface area (Å²) in [5, 5.41) is 5.74. The highest BCUT2D eigenvalue weighted by Crippen LogP contribution is 2.25. The van der Waals surface area contributed by atoms with Gasteiger partial charge in [0.05, 0.1) is 12.7 Å². The van der Waals surface area contributed by atoms with Crippen molar-refractivity contribution in [2.45, 2.75) is 12.6 Å². The first-order valence-electron chi connectivity index (χ1n) is 3.33. The van der Waals surface area contributed by atoms with E-state index >= 15 is 0 Å². The van der Waals surface area contributed by atoms with Crippen LogP contribution in [0.25, 0.3) is 0 Å². The Bertz CT molecular complexity index is 277. The average Bonchev–Trinajstić information content (AvgIpc) is 2.31. The number of nitrogens with two attached hydrogens (primary N) is 1. The highest BCUT2D eigenvalue weighted by atomic mass is 15.3. The molecule has 0 aliphatic carbocycles. The molecule has 4 N–H and O–H groups in total. The molecule has 11 heavy (non-hydrogen) atoms. The number of nitrogens with one attached hydrogen (secondary N) is 2. The van der Waals surface area contributed by atoms with E-state index in [1.165, 1.54) is 0 Å². The summed E-state index contributed by atoms with van der Waals surface area (Å²) in [4.78, 5) is 8.27. The molecule has 0 bridgehead atoms. The van der Waals surface area contributed by atoms with Crippen LogP contribution in [0, 0.1) is 0 Å². The van der Waals surface area contributed by atoms with E-state index in [0.717, 1.165) is 5.70 Å². The molecule has 0 aromatic heterocycles. The van der Waals surface area contributed by atoms with Crippen LogP contribution in [0.3, 0.4) is 0 Å². The van der Waals surface area contributed by atoms with Crippen molar-refractivity contribution in [3.63, 3.8) is 0 Å². The zero-order chi connectivity index (χ0) is 7.90. The Morgan fingerprint density at radius 1 is 1.36 bits per heavy atom. The van der Waals surface area contributed by atoms with E-state index in [0.29, 0.717) is 5.82 Å². The van der Waals surface area contributed by atoms with Gasteiger partial charge in [-0.15, -0.1) is 0 Å². The second-order valence-corrected chi connectivity index (χ2v) is 2.61. The molecule has 2 aliphatic heterocycles. The van der Waals surface area contributed by atoms with Crippen LogP contribution in [-0.4, -0.2) is 18.3 Å². The fourth-order valence-corrected chi connectivity index (χ4v) is 1.15. The normalized spacial score (nSPS) is 33.2. The second kappa shape index (κ2) is 1.75. The smallest absolute Gasteiger partial charge is 0.194 e. The summed E-state index contributed by atoms with van der Waals surface area (Å²) < 4.78 is 0. The van der Waals surface area contributed by atoms with Crippen LogP contribution in [-0.2, 0) is 0 Å². The minimum atomic E-state index is -0.519. The fourth-order valence-electron chi connectivity index (χ4n) is 1.15. The molecule has 0 saturated carbocycles. The van der Waals surface area contributed by atoms with Crippen molar-refractivity contribution in [3.8, 4) is 0 Å². The minimum Gasteiger partial charge on any atom is -0.384 e. The predicted molar refractivity (Wildman–Crippen MR) is 42.9 cm³/mol. The molecule has 0 aromatic rings. The molecule has 2 heterocycles. The summed E-state index contributed by atoms with van der Waals surface area (Å²) in [5.74, 6) is 0.583. The number of fused-ring (bicyclic) bond motifs is 1. The van der Waals surface area contributed by atoms with Crippen LogP contribution in [0.1, 0.15) is 6.92 Å². The lowest BCUT2D eigenvalue weighted by molar-refractivity contribution is 0.570. The number of hydrogen-bond donors (Lipinski definition) is 3. The fraction of sp³-hybridized carbons (Fsp3) is 0.333. The van der Waals surface area contributed by atoms with Crippen molar-refractivity contribution in [2.75, 3.05) is 0 Å². The van der Waals surface area contributed by atoms with Gasteiger partial charge in [-0.25, -0.2) is 9.98 Å². The quantitative estimate of drug-likeness (QED) is 0.419. The molecule has 0 amide bonds. The van der Waals surface area contributed by atoms with Gasteiger partial charge in [0.15, 0.2) is 5.66 Å². The predicted octanol–water partition coefficient (Wildman–Crippen LogP) is -0.907. The Kier molecular flexibility index (Phi) is 0.986. The molecular weight excluding hydrogens is 142 g/mol. The van der Waals surface area contributed by atoms with E-state index in [4.69, 9.17) is 5.73 Å². The Hall–Kier alpha value is -1.52. The molecule has 0 aromatic carbocycles. The lowest BCUT2D eigenvalue weighted by Gasteiger charge is -2.23. The maximum atomic E-state index is 5.64. The molecule has 0 fully saturated rings. The zero-order valence-electron chi connectivity index (χ0n) is 6.13. The number of nitrogens with zero attached hydrogens (tertiary/aromatic N) is 2. The molecule has 2 rings (SSSR count). The monoisotopic (exact) mass is 151 g/mol. The van der Waals surface area contributed by atoms with Gasteiger partial charge in [-0.05, 0) is 6.92 Å². The molecule has 0 spiro atoms. The van der Waals surface area contributed by atoms with Gasteiger partial charge in [0.1, 0.15) is 11.5 Å². The molecule has 0 radical (unpaired) electrons. The highest BCUT2D eigenvalue weighted by Gasteiger charge is 2.34. The molecular formula is C6H9N5. The summed E-state index contributed by atoms with van der Waals surface area (Å²) in [5.41, 5.74) is 5.94. The zero-order valence-corrected chi connectivity index (χ0v) is 6.13. The Morgan fingerprint density at radius 2 is 2.00 bits per heavy atom. The molecule has 58 valence electrons. The summed E-state index contributed by atoms with van der Waals surface area (Å²) in [6.07, 6.45) is 3.16. The van der Waals surface area contributed by atoms with Crippen molar-refractivity contribution < 1.29 is 0 Å². The highest BCUT2D eigenvalue weighted by molar-refractivity contribution is 5.70. The average molecular weight is 151 g/mol. The van der Waals surface area contributed by atoms with Crippen molar-refractivity contribution >= 4 is 12.7 Å². The second-order valence-electron chi connectivity index (χ2n) is 2.61. The lowest BCUT2D eigenvalue weighted by Crippen LogP contribution is -2.37. The van der Waals surface area contributed by atoms with Crippen LogP contribution >= 0.6 is 0 Å². The first-order valence-corrected chi connectivity index (χ1v) is 3.33. The van der Waals surface area contributed by atoms with Crippen molar-refractivity contribution in [3.05, 3.63) is 11.5 Å². The van der Waals surface area contributed by atoms with Crippen molar-refractivity contribution in [2.24, 2.45) is 15.7 Å². The molecule has 0 saturated heterocycles.